The number of amides is 1. The molecule has 2 heterocycles. The first-order valence-electron chi connectivity index (χ1n) is 6.73. The van der Waals surface area contributed by atoms with Crippen molar-refractivity contribution in [3.63, 3.8) is 0 Å². The highest BCUT2D eigenvalue weighted by Gasteiger charge is 2.14. The average molecular weight is 312 g/mol. The van der Waals surface area contributed by atoms with Gasteiger partial charge in [-0.25, -0.2) is 4.98 Å². The summed E-state index contributed by atoms with van der Waals surface area (Å²) in [7, 11) is 4.00. The minimum absolute atomic E-state index is 0.408. The Bertz CT molecular complexity index is 852. The SMILES string of the molecule is CN(C)c1ccc(-c2cc3c(N)ncc(C(N)=O)c3s2)cc1. The number of nitrogens with two attached hydrogens (primary N) is 2. The summed E-state index contributed by atoms with van der Waals surface area (Å²) in [4.78, 5) is 18.7. The minimum atomic E-state index is -0.492. The molecule has 3 rings (SSSR count). The van der Waals surface area contributed by atoms with E-state index in [-0.39, 0.29) is 0 Å². The zero-order chi connectivity index (χ0) is 15.9. The van der Waals surface area contributed by atoms with Gasteiger partial charge < -0.3 is 16.4 Å². The van der Waals surface area contributed by atoms with Gasteiger partial charge in [-0.2, -0.15) is 0 Å². The van der Waals surface area contributed by atoms with Gasteiger partial charge in [-0.05, 0) is 23.8 Å². The van der Waals surface area contributed by atoms with Crippen molar-refractivity contribution in [3.8, 4) is 10.4 Å². The molecule has 0 aliphatic rings. The molecule has 0 saturated carbocycles. The number of nitrogens with zero attached hydrogens (tertiary/aromatic N) is 2. The third-order valence-corrected chi connectivity index (χ3v) is 4.74. The second-order valence-electron chi connectivity index (χ2n) is 5.22. The van der Waals surface area contributed by atoms with E-state index in [0.29, 0.717) is 11.4 Å². The van der Waals surface area contributed by atoms with E-state index in [1.807, 2.05) is 37.2 Å². The summed E-state index contributed by atoms with van der Waals surface area (Å²) in [6.07, 6.45) is 1.44. The van der Waals surface area contributed by atoms with Gasteiger partial charge >= 0.3 is 0 Å². The Morgan fingerprint density at radius 1 is 1.23 bits per heavy atom. The van der Waals surface area contributed by atoms with Crippen LogP contribution in [0.3, 0.4) is 0 Å². The standard InChI is InChI=1S/C16H16N4OS/c1-20(2)10-5-3-9(4-6-10)13-7-11-14(22-13)12(16(18)21)8-19-15(11)17/h3-8H,1-2H3,(H2,17,19)(H2,18,21). The molecule has 3 aromatic rings. The van der Waals surface area contributed by atoms with E-state index in [0.717, 1.165) is 26.2 Å². The lowest BCUT2D eigenvalue weighted by Gasteiger charge is -2.12. The fourth-order valence-corrected chi connectivity index (χ4v) is 3.47. The number of carbonyl (C=O) groups is 1. The Morgan fingerprint density at radius 3 is 2.50 bits per heavy atom. The molecule has 112 valence electrons. The van der Waals surface area contributed by atoms with Gasteiger partial charge in [-0.15, -0.1) is 11.3 Å². The maximum absolute atomic E-state index is 11.5. The number of hydrogen-bond donors (Lipinski definition) is 2. The predicted octanol–water partition coefficient (Wildman–Crippen LogP) is 2.71. The van der Waals surface area contributed by atoms with Crippen molar-refractivity contribution < 1.29 is 4.79 Å². The number of hydrogen-bond acceptors (Lipinski definition) is 5. The topological polar surface area (TPSA) is 85.2 Å². The highest BCUT2D eigenvalue weighted by Crippen LogP contribution is 2.37. The van der Waals surface area contributed by atoms with Crippen LogP contribution in [0.1, 0.15) is 10.4 Å². The van der Waals surface area contributed by atoms with Crippen LogP contribution in [0.4, 0.5) is 11.5 Å². The van der Waals surface area contributed by atoms with Gasteiger partial charge in [0, 0.05) is 36.2 Å². The van der Waals surface area contributed by atoms with Gasteiger partial charge in [0.05, 0.1) is 10.3 Å². The molecule has 0 spiro atoms. The molecular formula is C16H16N4OS. The number of primary amides is 1. The first-order chi connectivity index (χ1) is 10.5. The molecule has 1 aromatic carbocycles. The van der Waals surface area contributed by atoms with Crippen LogP contribution in [0.25, 0.3) is 20.5 Å². The van der Waals surface area contributed by atoms with Crippen LogP contribution in [0, 0.1) is 0 Å². The Labute approximate surface area is 132 Å². The van der Waals surface area contributed by atoms with Gasteiger partial charge in [-0.1, -0.05) is 12.1 Å². The number of anilines is 2. The normalized spacial score (nSPS) is 10.8. The Hall–Kier alpha value is -2.60. The number of aromatic nitrogens is 1. The van der Waals surface area contributed by atoms with Crippen LogP contribution >= 0.6 is 11.3 Å². The van der Waals surface area contributed by atoms with E-state index < -0.39 is 5.91 Å². The number of thiophene rings is 1. The molecule has 0 aliphatic carbocycles. The molecule has 4 N–H and O–H groups in total. The van der Waals surface area contributed by atoms with E-state index in [2.05, 4.69) is 17.1 Å². The zero-order valence-electron chi connectivity index (χ0n) is 12.3. The molecule has 2 aromatic heterocycles. The quantitative estimate of drug-likeness (QED) is 0.778. The van der Waals surface area contributed by atoms with Crippen molar-refractivity contribution in [1.82, 2.24) is 4.98 Å². The van der Waals surface area contributed by atoms with Crippen LogP contribution in [-0.2, 0) is 0 Å². The van der Waals surface area contributed by atoms with E-state index >= 15 is 0 Å². The smallest absolute Gasteiger partial charge is 0.251 e. The Balaban J connectivity index is 2.14. The molecular weight excluding hydrogens is 296 g/mol. The molecule has 0 bridgehead atoms. The fraction of sp³-hybridized carbons (Fsp3) is 0.125. The van der Waals surface area contributed by atoms with Crippen LogP contribution in [-0.4, -0.2) is 25.0 Å². The highest BCUT2D eigenvalue weighted by atomic mass is 32.1. The highest BCUT2D eigenvalue weighted by molar-refractivity contribution is 7.22. The van der Waals surface area contributed by atoms with Crippen molar-refractivity contribution in [2.45, 2.75) is 0 Å². The molecule has 0 saturated heterocycles. The van der Waals surface area contributed by atoms with Crippen LogP contribution in [0.2, 0.25) is 0 Å². The average Bonchev–Trinajstić information content (AvgIpc) is 2.93. The molecule has 6 heteroatoms. The molecule has 0 unspecified atom stereocenters. The van der Waals surface area contributed by atoms with Crippen LogP contribution in [0.15, 0.2) is 36.5 Å². The molecule has 0 fully saturated rings. The maximum Gasteiger partial charge on any atom is 0.251 e. The number of rotatable bonds is 3. The molecule has 5 nitrogen and oxygen atoms in total. The predicted molar refractivity (Wildman–Crippen MR) is 92.3 cm³/mol. The summed E-state index contributed by atoms with van der Waals surface area (Å²) in [5.74, 6) is -0.0822. The van der Waals surface area contributed by atoms with Gasteiger partial charge in [-0.3, -0.25) is 4.79 Å². The largest absolute Gasteiger partial charge is 0.383 e. The molecule has 1 amide bonds. The van der Waals surface area contributed by atoms with E-state index in [1.165, 1.54) is 17.5 Å². The first-order valence-corrected chi connectivity index (χ1v) is 7.54. The number of pyridine rings is 1. The second kappa shape index (κ2) is 5.31. The van der Waals surface area contributed by atoms with Crippen molar-refractivity contribution >= 4 is 38.8 Å². The Kier molecular flexibility index (Phi) is 3.46. The van der Waals surface area contributed by atoms with Crippen LogP contribution < -0.4 is 16.4 Å². The van der Waals surface area contributed by atoms with Crippen molar-refractivity contribution in [1.29, 1.82) is 0 Å². The molecule has 0 aliphatic heterocycles. The number of carbonyl (C=O) groups excluding carboxylic acids is 1. The molecule has 0 radical (unpaired) electrons. The molecule has 0 atom stereocenters. The lowest BCUT2D eigenvalue weighted by molar-refractivity contribution is 0.100. The van der Waals surface area contributed by atoms with Gasteiger partial charge in [0.15, 0.2) is 0 Å². The molecule has 22 heavy (non-hydrogen) atoms. The number of benzene rings is 1. The van der Waals surface area contributed by atoms with Gasteiger partial charge in [0.1, 0.15) is 5.82 Å². The second-order valence-corrected chi connectivity index (χ2v) is 6.27. The number of fused-ring (bicyclic) bond motifs is 1. The lowest BCUT2D eigenvalue weighted by atomic mass is 10.1. The van der Waals surface area contributed by atoms with Crippen molar-refractivity contribution in [2.24, 2.45) is 5.73 Å². The monoisotopic (exact) mass is 312 g/mol. The third kappa shape index (κ3) is 2.37. The van der Waals surface area contributed by atoms with Crippen molar-refractivity contribution in [2.75, 3.05) is 24.7 Å². The van der Waals surface area contributed by atoms with E-state index in [9.17, 15) is 4.79 Å². The van der Waals surface area contributed by atoms with Gasteiger partial charge in [0.25, 0.3) is 5.91 Å². The fourth-order valence-electron chi connectivity index (χ4n) is 2.29. The number of nitrogen functional groups attached to an aromatic ring is 1. The van der Waals surface area contributed by atoms with Crippen LogP contribution in [0.5, 0.6) is 0 Å². The minimum Gasteiger partial charge on any atom is -0.383 e. The third-order valence-electron chi connectivity index (χ3n) is 3.52. The van der Waals surface area contributed by atoms with Crippen molar-refractivity contribution in [3.05, 3.63) is 42.1 Å². The van der Waals surface area contributed by atoms with E-state index in [1.54, 1.807) is 0 Å². The summed E-state index contributed by atoms with van der Waals surface area (Å²) in [6.45, 7) is 0. The summed E-state index contributed by atoms with van der Waals surface area (Å²) in [5.41, 5.74) is 13.9. The lowest BCUT2D eigenvalue weighted by Crippen LogP contribution is -2.11. The first kappa shape index (κ1) is 14.3. The summed E-state index contributed by atoms with van der Waals surface area (Å²) >= 11 is 1.50. The zero-order valence-corrected chi connectivity index (χ0v) is 13.1. The summed E-state index contributed by atoms with van der Waals surface area (Å²) < 4.78 is 0.784. The summed E-state index contributed by atoms with van der Waals surface area (Å²) in [6, 6.07) is 10.2. The van der Waals surface area contributed by atoms with Gasteiger partial charge in [0.2, 0.25) is 0 Å². The Morgan fingerprint density at radius 2 is 1.91 bits per heavy atom. The summed E-state index contributed by atoms with van der Waals surface area (Å²) in [5, 5.41) is 0.771. The maximum atomic E-state index is 11.5. The van der Waals surface area contributed by atoms with E-state index in [4.69, 9.17) is 11.5 Å².